The zero-order valence-electron chi connectivity index (χ0n) is 14.0. The molecule has 0 aromatic heterocycles. The summed E-state index contributed by atoms with van der Waals surface area (Å²) in [7, 11) is 1.22. The molecule has 6 heteroatoms. The van der Waals surface area contributed by atoms with E-state index in [9.17, 15) is 14.4 Å². The molecular formula is C18H23NO5. The summed E-state index contributed by atoms with van der Waals surface area (Å²) in [4.78, 5) is 35.1. The van der Waals surface area contributed by atoms with E-state index in [4.69, 9.17) is 4.74 Å². The minimum absolute atomic E-state index is 0.309. The number of hydrogen-bond donors (Lipinski definition) is 1. The van der Waals surface area contributed by atoms with Gasteiger partial charge in [-0.1, -0.05) is 43.7 Å². The second-order valence-electron chi connectivity index (χ2n) is 5.13. The van der Waals surface area contributed by atoms with Gasteiger partial charge in [-0.3, -0.25) is 4.79 Å². The highest BCUT2D eigenvalue weighted by molar-refractivity contribution is 5.96. The quantitative estimate of drug-likeness (QED) is 0.423. The van der Waals surface area contributed by atoms with E-state index >= 15 is 0 Å². The molecule has 0 aliphatic rings. The second kappa shape index (κ2) is 11.0. The number of hydrogen-bond acceptors (Lipinski definition) is 5. The summed E-state index contributed by atoms with van der Waals surface area (Å²) in [6.07, 6.45) is 4.01. The number of carbonyl (C=O) groups is 3. The fraction of sp³-hybridized carbons (Fsp3) is 0.389. The van der Waals surface area contributed by atoms with E-state index in [1.54, 1.807) is 0 Å². The Hall–Kier alpha value is -2.63. The van der Waals surface area contributed by atoms with Gasteiger partial charge in [0.2, 0.25) is 5.91 Å². The van der Waals surface area contributed by atoms with Crippen molar-refractivity contribution < 1.29 is 23.9 Å². The first-order chi connectivity index (χ1) is 11.6. The third kappa shape index (κ3) is 7.58. The fourth-order valence-electron chi connectivity index (χ4n) is 1.89. The average molecular weight is 333 g/mol. The lowest BCUT2D eigenvalue weighted by Gasteiger charge is -2.17. The molecule has 0 saturated carbocycles. The van der Waals surface area contributed by atoms with Crippen molar-refractivity contribution in [1.82, 2.24) is 5.32 Å². The number of amides is 1. The topological polar surface area (TPSA) is 81.7 Å². The lowest BCUT2D eigenvalue weighted by atomic mass is 10.1. The van der Waals surface area contributed by atoms with E-state index in [1.807, 2.05) is 37.3 Å². The lowest BCUT2D eigenvalue weighted by molar-refractivity contribution is -0.147. The molecule has 130 valence electrons. The van der Waals surface area contributed by atoms with Crippen molar-refractivity contribution in [2.24, 2.45) is 0 Å². The molecule has 1 aromatic carbocycles. The lowest BCUT2D eigenvalue weighted by Crippen LogP contribution is -2.42. The number of rotatable bonds is 9. The normalized spacial score (nSPS) is 11.8. The number of unbranched alkanes of at least 4 members (excludes halogenated alkanes) is 1. The van der Waals surface area contributed by atoms with Crippen LogP contribution in [0.4, 0.5) is 0 Å². The molecule has 1 N–H and O–H groups in total. The molecule has 0 saturated heterocycles. The molecule has 1 aromatic rings. The molecule has 0 unspecified atom stereocenters. The molecular weight excluding hydrogens is 310 g/mol. The standard InChI is InChI=1S/C18H23NO5/c1-3-4-12-24-18(22)15(13-14-8-6-5-7-9-14)19-16(20)10-11-17(21)23-2/h5-11,15H,3-4,12-13H2,1-2H3,(H,19,20)/b11-10-/t15-/m0/s1. The van der Waals surface area contributed by atoms with E-state index in [0.29, 0.717) is 13.0 Å². The predicted molar refractivity (Wildman–Crippen MR) is 89.1 cm³/mol. The van der Waals surface area contributed by atoms with Crippen LogP contribution in [-0.2, 0) is 30.3 Å². The van der Waals surface area contributed by atoms with Gasteiger partial charge in [-0.15, -0.1) is 0 Å². The maximum Gasteiger partial charge on any atom is 0.330 e. The molecule has 0 spiro atoms. The largest absolute Gasteiger partial charge is 0.466 e. The van der Waals surface area contributed by atoms with Gasteiger partial charge >= 0.3 is 11.9 Å². The van der Waals surface area contributed by atoms with Crippen LogP contribution in [0.2, 0.25) is 0 Å². The van der Waals surface area contributed by atoms with Gasteiger partial charge < -0.3 is 14.8 Å². The Labute approximate surface area is 141 Å². The van der Waals surface area contributed by atoms with Crippen molar-refractivity contribution in [2.75, 3.05) is 13.7 Å². The van der Waals surface area contributed by atoms with Crippen molar-refractivity contribution in [3.8, 4) is 0 Å². The highest BCUT2D eigenvalue weighted by Crippen LogP contribution is 2.05. The van der Waals surface area contributed by atoms with E-state index in [0.717, 1.165) is 30.6 Å². The minimum Gasteiger partial charge on any atom is -0.466 e. The third-order valence-electron chi connectivity index (χ3n) is 3.20. The van der Waals surface area contributed by atoms with Gasteiger partial charge in [0.1, 0.15) is 6.04 Å². The second-order valence-corrected chi connectivity index (χ2v) is 5.13. The first-order valence-electron chi connectivity index (χ1n) is 7.84. The van der Waals surface area contributed by atoms with Crippen LogP contribution in [0.5, 0.6) is 0 Å². The van der Waals surface area contributed by atoms with Gasteiger partial charge in [0.25, 0.3) is 0 Å². The zero-order chi connectivity index (χ0) is 17.8. The number of carbonyl (C=O) groups excluding carboxylic acids is 3. The van der Waals surface area contributed by atoms with Crippen LogP contribution in [-0.4, -0.2) is 37.6 Å². The van der Waals surface area contributed by atoms with Crippen LogP contribution < -0.4 is 5.32 Å². The molecule has 0 aliphatic heterocycles. The van der Waals surface area contributed by atoms with Crippen LogP contribution in [0.3, 0.4) is 0 Å². The Morgan fingerprint density at radius 3 is 2.50 bits per heavy atom. The smallest absolute Gasteiger partial charge is 0.330 e. The van der Waals surface area contributed by atoms with E-state index in [-0.39, 0.29) is 0 Å². The van der Waals surface area contributed by atoms with Crippen LogP contribution in [0.1, 0.15) is 25.3 Å². The highest BCUT2D eigenvalue weighted by Gasteiger charge is 2.22. The first kappa shape index (κ1) is 19.4. The summed E-state index contributed by atoms with van der Waals surface area (Å²) in [5.41, 5.74) is 0.896. The molecule has 0 aliphatic carbocycles. The molecule has 0 bridgehead atoms. The third-order valence-corrected chi connectivity index (χ3v) is 3.20. The van der Waals surface area contributed by atoms with Crippen LogP contribution in [0.15, 0.2) is 42.5 Å². The molecule has 1 rings (SSSR count). The van der Waals surface area contributed by atoms with Crippen molar-refractivity contribution >= 4 is 17.8 Å². The summed E-state index contributed by atoms with van der Waals surface area (Å²) in [5.74, 6) is -1.70. The van der Waals surface area contributed by atoms with Crippen LogP contribution in [0.25, 0.3) is 0 Å². The molecule has 6 nitrogen and oxygen atoms in total. The monoisotopic (exact) mass is 333 g/mol. The summed E-state index contributed by atoms with van der Waals surface area (Å²) < 4.78 is 9.61. The van der Waals surface area contributed by atoms with E-state index in [1.165, 1.54) is 7.11 Å². The Morgan fingerprint density at radius 1 is 1.17 bits per heavy atom. The Morgan fingerprint density at radius 2 is 1.88 bits per heavy atom. The van der Waals surface area contributed by atoms with Gasteiger partial charge in [0.05, 0.1) is 13.7 Å². The summed E-state index contributed by atoms with van der Waals surface area (Å²) in [6.45, 7) is 2.31. The molecule has 0 radical (unpaired) electrons. The number of nitrogens with one attached hydrogen (secondary N) is 1. The molecule has 1 amide bonds. The van der Waals surface area contributed by atoms with Gasteiger partial charge in [-0.05, 0) is 12.0 Å². The first-order valence-corrected chi connectivity index (χ1v) is 7.84. The van der Waals surface area contributed by atoms with Gasteiger partial charge in [-0.2, -0.15) is 0 Å². The summed E-state index contributed by atoms with van der Waals surface area (Å²) in [5, 5.41) is 2.56. The van der Waals surface area contributed by atoms with E-state index < -0.39 is 23.9 Å². The predicted octanol–water partition coefficient (Wildman–Crippen LogP) is 1.79. The summed E-state index contributed by atoms with van der Waals surface area (Å²) in [6, 6.07) is 8.49. The SMILES string of the molecule is CCCCOC(=O)[C@H](Cc1ccccc1)NC(=O)/C=C\C(=O)OC. The Kier molecular flexibility index (Phi) is 8.89. The van der Waals surface area contributed by atoms with Gasteiger partial charge in [-0.25, -0.2) is 9.59 Å². The van der Waals surface area contributed by atoms with Gasteiger partial charge in [0.15, 0.2) is 0 Å². The van der Waals surface area contributed by atoms with Crippen LogP contribution >= 0.6 is 0 Å². The van der Waals surface area contributed by atoms with Crippen molar-refractivity contribution in [3.05, 3.63) is 48.0 Å². The minimum atomic E-state index is -0.820. The number of esters is 2. The van der Waals surface area contributed by atoms with Crippen molar-refractivity contribution in [2.45, 2.75) is 32.2 Å². The Balaban J connectivity index is 2.72. The maximum absolute atomic E-state index is 12.2. The number of ether oxygens (including phenoxy) is 2. The molecule has 24 heavy (non-hydrogen) atoms. The van der Waals surface area contributed by atoms with Crippen molar-refractivity contribution in [3.63, 3.8) is 0 Å². The van der Waals surface area contributed by atoms with Gasteiger partial charge in [0, 0.05) is 18.6 Å². The van der Waals surface area contributed by atoms with Crippen molar-refractivity contribution in [1.29, 1.82) is 0 Å². The molecule has 0 heterocycles. The van der Waals surface area contributed by atoms with Crippen LogP contribution in [0, 0.1) is 0 Å². The average Bonchev–Trinajstić information content (AvgIpc) is 2.60. The number of methoxy groups -OCH3 is 1. The zero-order valence-corrected chi connectivity index (χ0v) is 14.0. The molecule has 0 fully saturated rings. The summed E-state index contributed by atoms with van der Waals surface area (Å²) >= 11 is 0. The maximum atomic E-state index is 12.2. The molecule has 1 atom stereocenters. The fourth-order valence-corrected chi connectivity index (χ4v) is 1.89. The number of benzene rings is 1. The highest BCUT2D eigenvalue weighted by atomic mass is 16.5. The Bertz CT molecular complexity index is 568. The van der Waals surface area contributed by atoms with E-state index in [2.05, 4.69) is 10.1 Å².